The van der Waals surface area contributed by atoms with Crippen molar-refractivity contribution < 1.29 is 0 Å². The number of aromatic nitrogens is 2. The van der Waals surface area contributed by atoms with E-state index in [0.29, 0.717) is 5.25 Å². The van der Waals surface area contributed by atoms with Gasteiger partial charge in [-0.3, -0.25) is 9.67 Å². The largest absolute Gasteiger partial charge is 0.357 e. The molecule has 1 aromatic rings. The highest BCUT2D eigenvalue weighted by molar-refractivity contribution is 8.00. The molecule has 0 aromatic carbocycles. The molecule has 1 unspecified atom stereocenters. The average Bonchev–Trinajstić information content (AvgIpc) is 3.09. The number of hydrogen-bond acceptors (Lipinski definition) is 3. The van der Waals surface area contributed by atoms with Gasteiger partial charge in [-0.05, 0) is 31.6 Å². The molecule has 0 amide bonds. The van der Waals surface area contributed by atoms with Crippen LogP contribution in [0.3, 0.4) is 0 Å². The molecule has 0 spiro atoms. The molecule has 0 radical (unpaired) electrons. The molecule has 2 N–H and O–H groups in total. The van der Waals surface area contributed by atoms with Crippen LogP contribution < -0.4 is 10.6 Å². The van der Waals surface area contributed by atoms with E-state index in [1.165, 1.54) is 18.6 Å². The maximum atomic E-state index is 4.66. The lowest BCUT2D eigenvalue weighted by Crippen LogP contribution is -2.39. The number of nitrogens with one attached hydrogen (secondary N) is 2. The fourth-order valence-corrected chi connectivity index (χ4v) is 3.22. The Kier molecular flexibility index (Phi) is 6.07. The minimum absolute atomic E-state index is 0.710. The summed E-state index contributed by atoms with van der Waals surface area (Å²) in [6.45, 7) is 5.60. The Morgan fingerprint density at radius 1 is 1.53 bits per heavy atom. The summed E-state index contributed by atoms with van der Waals surface area (Å²) < 4.78 is 1.92. The number of guanidine groups is 1. The first-order valence-electron chi connectivity index (χ1n) is 6.99. The van der Waals surface area contributed by atoms with Gasteiger partial charge in [0.05, 0.1) is 13.1 Å². The molecule has 0 saturated carbocycles. The lowest BCUT2D eigenvalue weighted by molar-refractivity contribution is 0.597. The number of hydrogen-bond donors (Lipinski definition) is 2. The summed E-state index contributed by atoms with van der Waals surface area (Å²) >= 11 is 2.05. The molecule has 0 aliphatic carbocycles. The van der Waals surface area contributed by atoms with Crippen molar-refractivity contribution in [1.82, 2.24) is 20.4 Å². The Balaban J connectivity index is 1.72. The molecule has 1 atom stereocenters. The van der Waals surface area contributed by atoms with Crippen LogP contribution >= 0.6 is 11.8 Å². The molecule has 5 nitrogen and oxygen atoms in total. The molecule has 6 heteroatoms. The second-order valence-electron chi connectivity index (χ2n) is 4.55. The maximum absolute atomic E-state index is 4.66. The standard InChI is InChI=1S/C13H23N5S/c1-2-14-13(16-11-12-5-3-10-19-12)15-7-9-18-8-4-6-17-18/h4,6,8,12H,2-3,5,7,9-11H2,1H3,(H2,14,15,16). The van der Waals surface area contributed by atoms with E-state index >= 15 is 0 Å². The lowest BCUT2D eigenvalue weighted by atomic mass is 10.2. The first-order valence-corrected chi connectivity index (χ1v) is 8.04. The molecule has 1 fully saturated rings. The number of rotatable bonds is 6. The van der Waals surface area contributed by atoms with Gasteiger partial charge in [0.1, 0.15) is 0 Å². The predicted octanol–water partition coefficient (Wildman–Crippen LogP) is 1.33. The van der Waals surface area contributed by atoms with E-state index in [-0.39, 0.29) is 0 Å². The third kappa shape index (κ3) is 5.14. The van der Waals surface area contributed by atoms with Gasteiger partial charge in [-0.2, -0.15) is 16.9 Å². The third-order valence-electron chi connectivity index (χ3n) is 3.01. The summed E-state index contributed by atoms with van der Waals surface area (Å²) in [6.07, 6.45) is 6.42. The normalized spacial score (nSPS) is 19.6. The van der Waals surface area contributed by atoms with Gasteiger partial charge in [-0.15, -0.1) is 0 Å². The second-order valence-corrected chi connectivity index (χ2v) is 5.96. The van der Waals surface area contributed by atoms with E-state index in [1.807, 2.05) is 28.7 Å². The SMILES string of the molecule is CCNC(=NCC1CCCS1)NCCn1cccn1. The highest BCUT2D eigenvalue weighted by Gasteiger charge is 2.14. The highest BCUT2D eigenvalue weighted by Crippen LogP contribution is 2.25. The van der Waals surface area contributed by atoms with Crippen molar-refractivity contribution in [2.75, 3.05) is 25.4 Å². The van der Waals surface area contributed by atoms with E-state index in [4.69, 9.17) is 0 Å². The molecule has 1 aliphatic heterocycles. The van der Waals surface area contributed by atoms with Gasteiger partial charge in [0.15, 0.2) is 5.96 Å². The van der Waals surface area contributed by atoms with Crippen molar-refractivity contribution >= 4 is 17.7 Å². The monoisotopic (exact) mass is 281 g/mol. The van der Waals surface area contributed by atoms with Crippen LogP contribution in [0.4, 0.5) is 0 Å². The molecule has 2 heterocycles. The summed E-state index contributed by atoms with van der Waals surface area (Å²) in [5, 5.41) is 11.5. The van der Waals surface area contributed by atoms with Crippen molar-refractivity contribution in [2.24, 2.45) is 4.99 Å². The molecular formula is C13H23N5S. The van der Waals surface area contributed by atoms with Crippen molar-refractivity contribution in [3.63, 3.8) is 0 Å². The fourth-order valence-electron chi connectivity index (χ4n) is 2.04. The van der Waals surface area contributed by atoms with Gasteiger partial charge >= 0.3 is 0 Å². The Labute approximate surface area is 119 Å². The summed E-state index contributed by atoms with van der Waals surface area (Å²) in [5.41, 5.74) is 0. The zero-order chi connectivity index (χ0) is 13.3. The maximum Gasteiger partial charge on any atom is 0.191 e. The van der Waals surface area contributed by atoms with Crippen molar-refractivity contribution in [1.29, 1.82) is 0 Å². The van der Waals surface area contributed by atoms with Gasteiger partial charge in [0.25, 0.3) is 0 Å². The van der Waals surface area contributed by atoms with Crippen LogP contribution in [0.15, 0.2) is 23.5 Å². The molecule has 2 rings (SSSR count). The van der Waals surface area contributed by atoms with E-state index in [1.54, 1.807) is 6.20 Å². The molecular weight excluding hydrogens is 258 g/mol. The van der Waals surface area contributed by atoms with E-state index in [9.17, 15) is 0 Å². The summed E-state index contributed by atoms with van der Waals surface area (Å²) in [6, 6.07) is 1.94. The quantitative estimate of drug-likeness (QED) is 0.610. The van der Waals surface area contributed by atoms with Crippen molar-refractivity contribution in [3.8, 4) is 0 Å². The highest BCUT2D eigenvalue weighted by atomic mass is 32.2. The van der Waals surface area contributed by atoms with Gasteiger partial charge in [0, 0.05) is 30.7 Å². The molecule has 0 bridgehead atoms. The predicted molar refractivity (Wildman–Crippen MR) is 81.7 cm³/mol. The van der Waals surface area contributed by atoms with Crippen LogP contribution in [0.2, 0.25) is 0 Å². The molecule has 19 heavy (non-hydrogen) atoms. The molecule has 1 aromatic heterocycles. The molecule has 106 valence electrons. The smallest absolute Gasteiger partial charge is 0.191 e. The van der Waals surface area contributed by atoms with E-state index < -0.39 is 0 Å². The van der Waals surface area contributed by atoms with Crippen LogP contribution in [-0.2, 0) is 6.54 Å². The Bertz CT molecular complexity index is 370. The first-order chi connectivity index (χ1) is 9.38. The topological polar surface area (TPSA) is 54.2 Å². The van der Waals surface area contributed by atoms with Gasteiger partial charge in [-0.25, -0.2) is 0 Å². The lowest BCUT2D eigenvalue weighted by Gasteiger charge is -2.12. The first kappa shape index (κ1) is 14.2. The summed E-state index contributed by atoms with van der Waals surface area (Å²) in [7, 11) is 0. The second kappa shape index (κ2) is 8.09. The zero-order valence-corrected chi connectivity index (χ0v) is 12.3. The van der Waals surface area contributed by atoms with Gasteiger partial charge in [0.2, 0.25) is 0 Å². The molecule has 1 aliphatic rings. The minimum Gasteiger partial charge on any atom is -0.357 e. The Hall–Kier alpha value is -1.17. The Morgan fingerprint density at radius 3 is 3.16 bits per heavy atom. The van der Waals surface area contributed by atoms with Crippen LogP contribution in [-0.4, -0.2) is 46.4 Å². The zero-order valence-electron chi connectivity index (χ0n) is 11.5. The van der Waals surface area contributed by atoms with Gasteiger partial charge < -0.3 is 10.6 Å². The van der Waals surface area contributed by atoms with Crippen LogP contribution in [0, 0.1) is 0 Å². The van der Waals surface area contributed by atoms with Crippen molar-refractivity contribution in [3.05, 3.63) is 18.5 Å². The number of aliphatic imine (C=N–C) groups is 1. The summed E-state index contributed by atoms with van der Waals surface area (Å²) in [5.74, 6) is 2.21. The Morgan fingerprint density at radius 2 is 2.47 bits per heavy atom. The number of thioether (sulfide) groups is 1. The summed E-state index contributed by atoms with van der Waals surface area (Å²) in [4.78, 5) is 4.66. The third-order valence-corrected chi connectivity index (χ3v) is 4.39. The minimum atomic E-state index is 0.710. The van der Waals surface area contributed by atoms with E-state index in [2.05, 4.69) is 27.6 Å². The average molecular weight is 281 g/mol. The molecule has 1 saturated heterocycles. The van der Waals surface area contributed by atoms with Crippen LogP contribution in [0.25, 0.3) is 0 Å². The van der Waals surface area contributed by atoms with Crippen LogP contribution in [0.5, 0.6) is 0 Å². The van der Waals surface area contributed by atoms with Crippen molar-refractivity contribution in [2.45, 2.75) is 31.6 Å². The van der Waals surface area contributed by atoms with E-state index in [0.717, 1.165) is 32.1 Å². The van der Waals surface area contributed by atoms with Crippen LogP contribution in [0.1, 0.15) is 19.8 Å². The van der Waals surface area contributed by atoms with Gasteiger partial charge in [-0.1, -0.05) is 0 Å². The number of nitrogens with zero attached hydrogens (tertiary/aromatic N) is 3. The fraction of sp³-hybridized carbons (Fsp3) is 0.692.